The topological polar surface area (TPSA) is 20.2 Å². The molecular formula is C13H24O. The van der Waals surface area contributed by atoms with E-state index in [0.29, 0.717) is 5.41 Å². The van der Waals surface area contributed by atoms with E-state index in [1.807, 2.05) is 0 Å². The number of fused-ring (bicyclic) bond motifs is 1. The van der Waals surface area contributed by atoms with E-state index >= 15 is 0 Å². The van der Waals surface area contributed by atoms with Crippen molar-refractivity contribution in [1.82, 2.24) is 0 Å². The van der Waals surface area contributed by atoms with Crippen LogP contribution in [0.15, 0.2) is 0 Å². The van der Waals surface area contributed by atoms with Crippen molar-refractivity contribution in [3.05, 3.63) is 0 Å². The van der Waals surface area contributed by atoms with E-state index in [-0.39, 0.29) is 6.10 Å². The van der Waals surface area contributed by atoms with Crippen molar-refractivity contribution in [3.8, 4) is 0 Å². The molecule has 1 heteroatoms. The Kier molecular flexibility index (Phi) is 2.88. The predicted molar refractivity (Wildman–Crippen MR) is 59.1 cm³/mol. The maximum Gasteiger partial charge on any atom is 0.0543 e. The Morgan fingerprint density at radius 3 is 2.79 bits per heavy atom. The van der Waals surface area contributed by atoms with Crippen LogP contribution < -0.4 is 0 Å². The van der Waals surface area contributed by atoms with Gasteiger partial charge in [-0.3, -0.25) is 0 Å². The minimum atomic E-state index is 0.00341. The molecule has 2 aliphatic carbocycles. The predicted octanol–water partition coefficient (Wildman–Crippen LogP) is 3.36. The van der Waals surface area contributed by atoms with Gasteiger partial charge in [0.15, 0.2) is 0 Å². The third kappa shape index (κ3) is 1.60. The molecule has 1 nitrogen and oxygen atoms in total. The van der Waals surface area contributed by atoms with E-state index in [9.17, 15) is 5.11 Å². The molecule has 0 aliphatic heterocycles. The smallest absolute Gasteiger partial charge is 0.0543 e. The molecule has 0 saturated heterocycles. The summed E-state index contributed by atoms with van der Waals surface area (Å²) in [5.74, 6) is 1.73. The van der Waals surface area contributed by atoms with Gasteiger partial charge in [-0.05, 0) is 49.4 Å². The molecule has 2 aliphatic rings. The van der Waals surface area contributed by atoms with Gasteiger partial charge in [-0.1, -0.05) is 26.7 Å². The standard InChI is InChI=1S/C13H24O/c1-3-10-5-4-6-11-9-12(14)7-8-13(10,11)2/h10-12,14H,3-9H2,1-2H3. The molecule has 0 amide bonds. The molecule has 2 saturated carbocycles. The second-order valence-electron chi connectivity index (χ2n) is 5.67. The van der Waals surface area contributed by atoms with Crippen LogP contribution in [0.4, 0.5) is 0 Å². The van der Waals surface area contributed by atoms with Crippen LogP contribution in [0.3, 0.4) is 0 Å². The van der Waals surface area contributed by atoms with Crippen LogP contribution >= 0.6 is 0 Å². The molecule has 82 valence electrons. The SMILES string of the molecule is CCC1CCCC2CC(O)CCC12C. The Bertz CT molecular complexity index is 201. The molecule has 0 aromatic rings. The second-order valence-corrected chi connectivity index (χ2v) is 5.67. The van der Waals surface area contributed by atoms with Gasteiger partial charge in [0.05, 0.1) is 6.10 Å². The van der Waals surface area contributed by atoms with E-state index in [1.165, 1.54) is 32.1 Å². The van der Waals surface area contributed by atoms with Crippen LogP contribution in [0.2, 0.25) is 0 Å². The van der Waals surface area contributed by atoms with E-state index < -0.39 is 0 Å². The number of hydrogen-bond donors (Lipinski definition) is 1. The summed E-state index contributed by atoms with van der Waals surface area (Å²) in [6, 6.07) is 0. The van der Waals surface area contributed by atoms with Gasteiger partial charge in [-0.15, -0.1) is 0 Å². The Morgan fingerprint density at radius 2 is 2.07 bits per heavy atom. The van der Waals surface area contributed by atoms with Gasteiger partial charge >= 0.3 is 0 Å². The van der Waals surface area contributed by atoms with Crippen molar-refractivity contribution in [2.45, 2.75) is 64.9 Å². The Morgan fingerprint density at radius 1 is 1.29 bits per heavy atom. The molecular weight excluding hydrogens is 172 g/mol. The minimum Gasteiger partial charge on any atom is -0.393 e. The first-order valence-electron chi connectivity index (χ1n) is 6.35. The van der Waals surface area contributed by atoms with Gasteiger partial charge in [-0.2, -0.15) is 0 Å². The van der Waals surface area contributed by atoms with Crippen LogP contribution in [-0.4, -0.2) is 11.2 Å². The fraction of sp³-hybridized carbons (Fsp3) is 1.00. The summed E-state index contributed by atoms with van der Waals surface area (Å²) >= 11 is 0. The Balaban J connectivity index is 2.13. The first kappa shape index (κ1) is 10.5. The van der Waals surface area contributed by atoms with E-state index in [4.69, 9.17) is 0 Å². The molecule has 2 rings (SSSR count). The Labute approximate surface area is 87.9 Å². The zero-order valence-electron chi connectivity index (χ0n) is 9.63. The molecule has 0 bridgehead atoms. The van der Waals surface area contributed by atoms with E-state index in [0.717, 1.165) is 24.7 Å². The van der Waals surface area contributed by atoms with Crippen LogP contribution in [0.5, 0.6) is 0 Å². The lowest BCUT2D eigenvalue weighted by molar-refractivity contribution is -0.0473. The molecule has 0 aromatic carbocycles. The molecule has 0 radical (unpaired) electrons. The van der Waals surface area contributed by atoms with Gasteiger partial charge in [-0.25, -0.2) is 0 Å². The van der Waals surface area contributed by atoms with Crippen molar-refractivity contribution in [2.24, 2.45) is 17.3 Å². The van der Waals surface area contributed by atoms with Crippen molar-refractivity contribution in [3.63, 3.8) is 0 Å². The first-order valence-corrected chi connectivity index (χ1v) is 6.35. The number of aliphatic hydroxyl groups is 1. The zero-order chi connectivity index (χ0) is 10.2. The first-order chi connectivity index (χ1) is 6.66. The third-order valence-corrected chi connectivity index (χ3v) is 5.04. The molecule has 0 heterocycles. The number of aliphatic hydroxyl groups excluding tert-OH is 1. The third-order valence-electron chi connectivity index (χ3n) is 5.04. The van der Waals surface area contributed by atoms with Gasteiger partial charge in [0.1, 0.15) is 0 Å². The lowest BCUT2D eigenvalue weighted by atomic mass is 9.54. The second kappa shape index (κ2) is 3.84. The van der Waals surface area contributed by atoms with Crippen LogP contribution in [0.25, 0.3) is 0 Å². The molecule has 2 fully saturated rings. The molecule has 0 aromatic heterocycles. The molecule has 1 N–H and O–H groups in total. The van der Waals surface area contributed by atoms with E-state index in [1.54, 1.807) is 0 Å². The van der Waals surface area contributed by atoms with Crippen molar-refractivity contribution in [1.29, 1.82) is 0 Å². The maximum absolute atomic E-state index is 9.72. The molecule has 14 heavy (non-hydrogen) atoms. The van der Waals surface area contributed by atoms with Gasteiger partial charge in [0.2, 0.25) is 0 Å². The average Bonchev–Trinajstić information content (AvgIpc) is 2.18. The van der Waals surface area contributed by atoms with Gasteiger partial charge < -0.3 is 5.11 Å². The fourth-order valence-corrected chi connectivity index (χ4v) is 3.99. The van der Waals surface area contributed by atoms with Gasteiger partial charge in [0.25, 0.3) is 0 Å². The average molecular weight is 196 g/mol. The van der Waals surface area contributed by atoms with Gasteiger partial charge in [0, 0.05) is 0 Å². The largest absolute Gasteiger partial charge is 0.393 e. The van der Waals surface area contributed by atoms with Crippen molar-refractivity contribution in [2.75, 3.05) is 0 Å². The zero-order valence-corrected chi connectivity index (χ0v) is 9.63. The summed E-state index contributed by atoms with van der Waals surface area (Å²) in [5, 5.41) is 9.72. The molecule has 4 unspecified atom stereocenters. The summed E-state index contributed by atoms with van der Waals surface area (Å²) in [7, 11) is 0. The van der Waals surface area contributed by atoms with E-state index in [2.05, 4.69) is 13.8 Å². The highest BCUT2D eigenvalue weighted by molar-refractivity contribution is 4.96. The lowest BCUT2D eigenvalue weighted by Crippen LogP contribution is -2.44. The minimum absolute atomic E-state index is 0.00341. The monoisotopic (exact) mass is 196 g/mol. The number of rotatable bonds is 1. The highest BCUT2D eigenvalue weighted by Crippen LogP contribution is 2.54. The summed E-state index contributed by atoms with van der Waals surface area (Å²) in [6.45, 7) is 4.82. The molecule has 4 atom stereocenters. The van der Waals surface area contributed by atoms with Crippen molar-refractivity contribution < 1.29 is 5.11 Å². The van der Waals surface area contributed by atoms with Crippen LogP contribution in [0, 0.1) is 17.3 Å². The van der Waals surface area contributed by atoms with Crippen LogP contribution in [0.1, 0.15) is 58.8 Å². The summed E-state index contributed by atoms with van der Waals surface area (Å²) < 4.78 is 0. The quantitative estimate of drug-likeness (QED) is 0.682. The number of hydrogen-bond acceptors (Lipinski definition) is 1. The highest BCUT2D eigenvalue weighted by Gasteiger charge is 2.45. The highest BCUT2D eigenvalue weighted by atomic mass is 16.3. The summed E-state index contributed by atoms with van der Waals surface area (Å²) in [5.41, 5.74) is 0.562. The summed E-state index contributed by atoms with van der Waals surface area (Å²) in [4.78, 5) is 0. The Hall–Kier alpha value is -0.0400. The normalized spacial score (nSPS) is 48.6. The lowest BCUT2D eigenvalue weighted by Gasteiger charge is -2.51. The maximum atomic E-state index is 9.72. The fourth-order valence-electron chi connectivity index (χ4n) is 3.99. The van der Waals surface area contributed by atoms with Crippen LogP contribution in [-0.2, 0) is 0 Å². The molecule has 0 spiro atoms. The van der Waals surface area contributed by atoms with Crippen molar-refractivity contribution >= 4 is 0 Å². The summed E-state index contributed by atoms with van der Waals surface area (Å²) in [6.07, 6.45) is 8.91.